The number of sulfonamides is 1. The summed E-state index contributed by atoms with van der Waals surface area (Å²) in [5.41, 5.74) is 2.54. The zero-order valence-corrected chi connectivity index (χ0v) is 12.7. The highest BCUT2D eigenvalue weighted by atomic mass is 32.2. The van der Waals surface area contributed by atoms with E-state index in [0.29, 0.717) is 12.1 Å². The molecular formula is C15H15N3O3S. The Bertz CT molecular complexity index is 915. The topological polar surface area (TPSA) is 87.2 Å². The quantitative estimate of drug-likeness (QED) is 0.794. The summed E-state index contributed by atoms with van der Waals surface area (Å²) in [5, 5.41) is 5.13. The van der Waals surface area contributed by atoms with Gasteiger partial charge in [0.1, 0.15) is 5.75 Å². The van der Waals surface area contributed by atoms with Crippen LogP contribution >= 0.6 is 0 Å². The molecule has 2 aromatic carbocycles. The Balaban J connectivity index is 1.94. The fourth-order valence-electron chi connectivity index (χ4n) is 2.27. The van der Waals surface area contributed by atoms with E-state index in [2.05, 4.69) is 4.98 Å². The Morgan fingerprint density at radius 1 is 1.18 bits per heavy atom. The van der Waals surface area contributed by atoms with Crippen LogP contribution in [0.1, 0.15) is 5.56 Å². The van der Waals surface area contributed by atoms with Crippen LogP contribution in [0.4, 0.5) is 0 Å². The second-order valence-electron chi connectivity index (χ2n) is 4.92. The van der Waals surface area contributed by atoms with Crippen molar-refractivity contribution < 1.29 is 13.2 Å². The van der Waals surface area contributed by atoms with E-state index in [-0.39, 0.29) is 4.90 Å². The summed E-state index contributed by atoms with van der Waals surface area (Å²) in [6.07, 6.45) is 1.68. The zero-order chi connectivity index (χ0) is 15.7. The molecule has 0 aliphatic carbocycles. The molecule has 0 amide bonds. The molecule has 114 valence electrons. The molecule has 0 radical (unpaired) electrons. The average Bonchev–Trinajstić information content (AvgIpc) is 2.89. The van der Waals surface area contributed by atoms with Crippen molar-refractivity contribution >= 4 is 21.1 Å². The molecule has 0 spiro atoms. The van der Waals surface area contributed by atoms with Gasteiger partial charge in [-0.3, -0.25) is 0 Å². The maximum absolute atomic E-state index is 11.4. The van der Waals surface area contributed by atoms with Gasteiger partial charge in [-0.1, -0.05) is 12.1 Å². The van der Waals surface area contributed by atoms with E-state index < -0.39 is 10.0 Å². The van der Waals surface area contributed by atoms with Gasteiger partial charge in [0.2, 0.25) is 10.0 Å². The van der Waals surface area contributed by atoms with E-state index in [9.17, 15) is 8.42 Å². The first kappa shape index (κ1) is 14.6. The van der Waals surface area contributed by atoms with E-state index >= 15 is 0 Å². The lowest BCUT2D eigenvalue weighted by molar-refractivity contribution is 0.414. The highest BCUT2D eigenvalue weighted by molar-refractivity contribution is 7.89. The van der Waals surface area contributed by atoms with Gasteiger partial charge in [0, 0.05) is 6.54 Å². The lowest BCUT2D eigenvalue weighted by atomic mass is 10.2. The predicted octanol–water partition coefficient (Wildman–Crippen LogP) is 1.74. The van der Waals surface area contributed by atoms with Crippen LogP contribution in [0.5, 0.6) is 5.75 Å². The van der Waals surface area contributed by atoms with Crippen LogP contribution in [0.15, 0.2) is 53.7 Å². The van der Waals surface area contributed by atoms with Crippen LogP contribution in [-0.4, -0.2) is 25.1 Å². The molecule has 0 aliphatic rings. The van der Waals surface area contributed by atoms with Gasteiger partial charge in [-0.15, -0.1) is 0 Å². The Kier molecular flexibility index (Phi) is 3.59. The minimum Gasteiger partial charge on any atom is -0.497 e. The number of fused-ring (bicyclic) bond motifs is 1. The summed E-state index contributed by atoms with van der Waals surface area (Å²) in [7, 11) is -2.09. The van der Waals surface area contributed by atoms with Gasteiger partial charge >= 0.3 is 0 Å². The molecule has 0 saturated heterocycles. The molecule has 7 heteroatoms. The Morgan fingerprint density at radius 2 is 1.91 bits per heavy atom. The smallest absolute Gasteiger partial charge is 0.238 e. The maximum atomic E-state index is 11.4. The second kappa shape index (κ2) is 5.43. The van der Waals surface area contributed by atoms with Gasteiger partial charge in [0.25, 0.3) is 0 Å². The third-order valence-electron chi connectivity index (χ3n) is 3.43. The maximum Gasteiger partial charge on any atom is 0.238 e. The van der Waals surface area contributed by atoms with E-state index in [0.717, 1.165) is 16.8 Å². The van der Waals surface area contributed by atoms with E-state index in [4.69, 9.17) is 9.88 Å². The molecule has 1 aromatic heterocycles. The molecule has 0 unspecified atom stereocenters. The number of rotatable bonds is 4. The van der Waals surface area contributed by atoms with Crippen LogP contribution in [-0.2, 0) is 16.6 Å². The Morgan fingerprint density at radius 3 is 2.55 bits per heavy atom. The van der Waals surface area contributed by atoms with Crippen molar-refractivity contribution in [2.75, 3.05) is 7.11 Å². The first-order chi connectivity index (χ1) is 10.5. The van der Waals surface area contributed by atoms with Crippen molar-refractivity contribution in [3.8, 4) is 5.75 Å². The fourth-order valence-corrected chi connectivity index (χ4v) is 2.81. The third kappa shape index (κ3) is 2.81. The average molecular weight is 317 g/mol. The fraction of sp³-hybridized carbons (Fsp3) is 0.133. The van der Waals surface area contributed by atoms with Crippen molar-refractivity contribution in [1.29, 1.82) is 0 Å². The van der Waals surface area contributed by atoms with Crippen LogP contribution in [0, 0.1) is 0 Å². The molecule has 1 heterocycles. The Hall–Kier alpha value is -2.38. The van der Waals surface area contributed by atoms with Gasteiger partial charge in [-0.25, -0.2) is 18.5 Å². The molecule has 22 heavy (non-hydrogen) atoms. The summed E-state index contributed by atoms with van der Waals surface area (Å²) in [6.45, 7) is 0.634. The van der Waals surface area contributed by atoms with E-state index in [1.807, 2.05) is 28.8 Å². The number of methoxy groups -OCH3 is 1. The lowest BCUT2D eigenvalue weighted by Crippen LogP contribution is -2.11. The molecule has 0 saturated carbocycles. The molecule has 2 N–H and O–H groups in total. The summed E-state index contributed by atoms with van der Waals surface area (Å²) in [5.74, 6) is 0.803. The van der Waals surface area contributed by atoms with E-state index in [1.165, 1.54) is 12.1 Å². The largest absolute Gasteiger partial charge is 0.497 e. The van der Waals surface area contributed by atoms with Gasteiger partial charge < -0.3 is 9.30 Å². The number of aromatic nitrogens is 2. The van der Waals surface area contributed by atoms with Gasteiger partial charge in [0.05, 0.1) is 29.4 Å². The summed E-state index contributed by atoms with van der Waals surface area (Å²) in [4.78, 5) is 4.31. The van der Waals surface area contributed by atoms with Crippen molar-refractivity contribution in [3.63, 3.8) is 0 Å². The molecule has 6 nitrogen and oxygen atoms in total. The highest BCUT2D eigenvalue weighted by Gasteiger charge is 2.11. The molecule has 0 atom stereocenters. The monoisotopic (exact) mass is 317 g/mol. The van der Waals surface area contributed by atoms with Crippen LogP contribution < -0.4 is 9.88 Å². The summed E-state index contributed by atoms with van der Waals surface area (Å²) in [6, 6.07) is 12.4. The molecule has 3 aromatic rings. The van der Waals surface area contributed by atoms with Crippen LogP contribution in [0.3, 0.4) is 0 Å². The molecule has 0 fully saturated rings. The number of ether oxygens (including phenoxy) is 1. The number of nitrogens with two attached hydrogens (primary N) is 1. The van der Waals surface area contributed by atoms with Gasteiger partial charge in [-0.05, 0) is 35.9 Å². The normalized spacial score (nSPS) is 11.7. The van der Waals surface area contributed by atoms with Crippen molar-refractivity contribution in [2.24, 2.45) is 5.14 Å². The second-order valence-corrected chi connectivity index (χ2v) is 6.48. The zero-order valence-electron chi connectivity index (χ0n) is 11.9. The first-order valence-electron chi connectivity index (χ1n) is 6.58. The lowest BCUT2D eigenvalue weighted by Gasteiger charge is -2.06. The number of primary sulfonamides is 1. The number of imidazole rings is 1. The summed E-state index contributed by atoms with van der Waals surface area (Å²) < 4.78 is 29.8. The number of hydrogen-bond acceptors (Lipinski definition) is 4. The molecular weight excluding hydrogens is 302 g/mol. The number of benzene rings is 2. The van der Waals surface area contributed by atoms with Crippen LogP contribution in [0.2, 0.25) is 0 Å². The van der Waals surface area contributed by atoms with Crippen molar-refractivity contribution in [1.82, 2.24) is 9.55 Å². The molecule has 0 bridgehead atoms. The predicted molar refractivity (Wildman–Crippen MR) is 83.2 cm³/mol. The minimum absolute atomic E-state index is 0.0645. The van der Waals surface area contributed by atoms with Gasteiger partial charge in [0.15, 0.2) is 0 Å². The van der Waals surface area contributed by atoms with E-state index in [1.54, 1.807) is 19.5 Å². The highest BCUT2D eigenvalue weighted by Crippen LogP contribution is 2.19. The minimum atomic E-state index is -3.71. The SMILES string of the molecule is COc1ccc(Cn2cnc3cc(S(N)(=O)=O)ccc32)cc1. The third-order valence-corrected chi connectivity index (χ3v) is 4.34. The van der Waals surface area contributed by atoms with Crippen LogP contribution in [0.25, 0.3) is 11.0 Å². The summed E-state index contributed by atoms with van der Waals surface area (Å²) >= 11 is 0. The first-order valence-corrected chi connectivity index (χ1v) is 8.12. The molecule has 3 rings (SSSR count). The van der Waals surface area contributed by atoms with Crippen molar-refractivity contribution in [3.05, 3.63) is 54.4 Å². The van der Waals surface area contributed by atoms with Crippen molar-refractivity contribution in [2.45, 2.75) is 11.4 Å². The number of nitrogens with zero attached hydrogens (tertiary/aromatic N) is 2. The Labute approximate surface area is 128 Å². The standard InChI is InChI=1S/C15H15N3O3S/c1-21-12-4-2-11(3-5-12)9-18-10-17-14-8-13(22(16,19)20)6-7-15(14)18/h2-8,10H,9H2,1H3,(H2,16,19,20). The van der Waals surface area contributed by atoms with Gasteiger partial charge in [-0.2, -0.15) is 0 Å². The molecule has 0 aliphatic heterocycles. The number of hydrogen-bond donors (Lipinski definition) is 1.